The number of aryl methyl sites for hydroxylation is 1. The Labute approximate surface area is 105 Å². The van der Waals surface area contributed by atoms with Crippen molar-refractivity contribution in [2.45, 2.75) is 25.8 Å². The van der Waals surface area contributed by atoms with Gasteiger partial charge in [0.05, 0.1) is 23.7 Å². The minimum Gasteiger partial charge on any atom is -0.469 e. The largest absolute Gasteiger partial charge is 0.469 e. The molecular weight excluding hydrogens is 238 g/mol. The highest BCUT2D eigenvalue weighted by Crippen LogP contribution is 2.10. The van der Waals surface area contributed by atoms with Gasteiger partial charge in [-0.05, 0) is 25.5 Å². The number of furan rings is 1. The summed E-state index contributed by atoms with van der Waals surface area (Å²) in [4.78, 5) is 8.17. The number of halogens is 1. The van der Waals surface area contributed by atoms with Gasteiger partial charge in [0.25, 0.3) is 0 Å². The molecule has 90 valence electrons. The van der Waals surface area contributed by atoms with Crippen molar-refractivity contribution in [2.24, 2.45) is 0 Å². The fraction of sp³-hybridized carbons (Fsp3) is 0.333. The first-order valence-corrected chi connectivity index (χ1v) is 5.88. The number of nitrogens with one attached hydrogen (secondary N) is 1. The molecule has 0 saturated heterocycles. The predicted octanol–water partition coefficient (Wildman–Crippen LogP) is 3.16. The van der Waals surface area contributed by atoms with E-state index < -0.39 is 0 Å². The van der Waals surface area contributed by atoms with Crippen LogP contribution in [0.2, 0.25) is 5.02 Å². The van der Waals surface area contributed by atoms with Crippen LogP contribution >= 0.6 is 11.6 Å². The molecule has 1 N–H and O–H groups in total. The van der Waals surface area contributed by atoms with Crippen LogP contribution in [0.25, 0.3) is 0 Å². The van der Waals surface area contributed by atoms with Gasteiger partial charge in [-0.2, -0.15) is 0 Å². The minimum absolute atomic E-state index is 0.279. The molecule has 0 spiro atoms. The lowest BCUT2D eigenvalue weighted by molar-refractivity contribution is 0.494. The summed E-state index contributed by atoms with van der Waals surface area (Å²) in [5, 5.41) is 3.75. The summed E-state index contributed by atoms with van der Waals surface area (Å²) >= 11 is 5.71. The van der Waals surface area contributed by atoms with Crippen molar-refractivity contribution in [3.8, 4) is 0 Å². The monoisotopic (exact) mass is 251 g/mol. The number of hydrogen-bond acceptors (Lipinski definition) is 4. The molecule has 0 aromatic carbocycles. The van der Waals surface area contributed by atoms with Crippen LogP contribution in [-0.4, -0.2) is 16.0 Å². The van der Waals surface area contributed by atoms with Crippen LogP contribution in [0.5, 0.6) is 0 Å². The van der Waals surface area contributed by atoms with Crippen LogP contribution in [0.3, 0.4) is 0 Å². The van der Waals surface area contributed by atoms with E-state index in [9.17, 15) is 0 Å². The Morgan fingerprint density at radius 1 is 1.41 bits per heavy atom. The van der Waals surface area contributed by atoms with Gasteiger partial charge in [0.1, 0.15) is 5.76 Å². The van der Waals surface area contributed by atoms with Crippen LogP contribution in [0.4, 0.5) is 5.95 Å². The van der Waals surface area contributed by atoms with Gasteiger partial charge in [0.2, 0.25) is 5.95 Å². The van der Waals surface area contributed by atoms with Gasteiger partial charge >= 0.3 is 0 Å². The standard InChI is InChI=1S/C12H14ClN3O/c1-9(4-5-11-3-2-6-17-11)16-12-14-7-10(13)8-15-12/h2-3,6-9H,4-5H2,1H3,(H,14,15,16). The number of rotatable bonds is 5. The van der Waals surface area contributed by atoms with Gasteiger partial charge in [0.15, 0.2) is 0 Å². The molecule has 0 aliphatic rings. The van der Waals surface area contributed by atoms with E-state index in [1.165, 1.54) is 0 Å². The van der Waals surface area contributed by atoms with E-state index in [4.69, 9.17) is 16.0 Å². The van der Waals surface area contributed by atoms with Crippen LogP contribution in [-0.2, 0) is 6.42 Å². The maximum atomic E-state index is 5.71. The SMILES string of the molecule is CC(CCc1ccco1)Nc1ncc(Cl)cn1. The van der Waals surface area contributed by atoms with E-state index in [1.807, 2.05) is 12.1 Å². The Balaban J connectivity index is 1.80. The average molecular weight is 252 g/mol. The van der Waals surface area contributed by atoms with Gasteiger partial charge in [-0.15, -0.1) is 0 Å². The lowest BCUT2D eigenvalue weighted by Crippen LogP contribution is -2.17. The Morgan fingerprint density at radius 3 is 2.82 bits per heavy atom. The van der Waals surface area contributed by atoms with E-state index in [0.29, 0.717) is 11.0 Å². The third-order valence-electron chi connectivity index (χ3n) is 2.40. The Morgan fingerprint density at radius 2 is 2.18 bits per heavy atom. The van der Waals surface area contributed by atoms with Crippen LogP contribution < -0.4 is 5.32 Å². The molecule has 1 unspecified atom stereocenters. The van der Waals surface area contributed by atoms with E-state index in [0.717, 1.165) is 18.6 Å². The molecule has 17 heavy (non-hydrogen) atoms. The molecule has 0 amide bonds. The summed E-state index contributed by atoms with van der Waals surface area (Å²) in [6.07, 6.45) is 6.70. The second kappa shape index (κ2) is 5.68. The molecule has 1 atom stereocenters. The first-order valence-electron chi connectivity index (χ1n) is 5.50. The molecular formula is C12H14ClN3O. The quantitative estimate of drug-likeness (QED) is 0.887. The van der Waals surface area contributed by atoms with Crippen molar-refractivity contribution in [3.63, 3.8) is 0 Å². The zero-order chi connectivity index (χ0) is 12.1. The molecule has 2 rings (SSSR count). The predicted molar refractivity (Wildman–Crippen MR) is 67.2 cm³/mol. The molecule has 5 heteroatoms. The molecule has 0 aliphatic carbocycles. The molecule has 4 nitrogen and oxygen atoms in total. The molecule has 0 aliphatic heterocycles. The topological polar surface area (TPSA) is 51.0 Å². The van der Waals surface area contributed by atoms with Crippen LogP contribution in [0.1, 0.15) is 19.1 Å². The van der Waals surface area contributed by atoms with Crippen molar-refractivity contribution >= 4 is 17.5 Å². The van der Waals surface area contributed by atoms with Gasteiger partial charge < -0.3 is 9.73 Å². The fourth-order valence-corrected chi connectivity index (χ4v) is 1.59. The second-order valence-corrected chi connectivity index (χ2v) is 4.32. The van der Waals surface area contributed by atoms with Crippen molar-refractivity contribution in [1.29, 1.82) is 0 Å². The highest BCUT2D eigenvalue weighted by molar-refractivity contribution is 6.30. The Kier molecular flexibility index (Phi) is 3.98. The van der Waals surface area contributed by atoms with Gasteiger partial charge in [-0.25, -0.2) is 9.97 Å². The molecule has 0 bridgehead atoms. The van der Waals surface area contributed by atoms with Crippen molar-refractivity contribution in [3.05, 3.63) is 41.6 Å². The van der Waals surface area contributed by atoms with Crippen LogP contribution in [0, 0.1) is 0 Å². The number of aromatic nitrogens is 2. The Bertz CT molecular complexity index is 441. The van der Waals surface area contributed by atoms with Crippen molar-refractivity contribution < 1.29 is 4.42 Å². The van der Waals surface area contributed by atoms with Crippen LogP contribution in [0.15, 0.2) is 35.2 Å². The van der Waals surface area contributed by atoms with Gasteiger partial charge in [-0.3, -0.25) is 0 Å². The number of nitrogens with zero attached hydrogens (tertiary/aromatic N) is 2. The maximum Gasteiger partial charge on any atom is 0.222 e. The first-order chi connectivity index (χ1) is 8.24. The Hall–Kier alpha value is -1.55. The normalized spacial score (nSPS) is 12.4. The van der Waals surface area contributed by atoms with E-state index in [1.54, 1.807) is 18.7 Å². The highest BCUT2D eigenvalue weighted by Gasteiger charge is 2.05. The van der Waals surface area contributed by atoms with Crippen molar-refractivity contribution in [1.82, 2.24) is 9.97 Å². The zero-order valence-corrected chi connectivity index (χ0v) is 10.3. The summed E-state index contributed by atoms with van der Waals surface area (Å²) in [7, 11) is 0. The fourth-order valence-electron chi connectivity index (χ4n) is 1.49. The second-order valence-electron chi connectivity index (χ2n) is 3.89. The summed E-state index contributed by atoms with van der Waals surface area (Å²) in [6, 6.07) is 4.16. The number of hydrogen-bond donors (Lipinski definition) is 1. The number of anilines is 1. The van der Waals surface area contributed by atoms with E-state index in [2.05, 4.69) is 22.2 Å². The van der Waals surface area contributed by atoms with Gasteiger partial charge in [-0.1, -0.05) is 11.6 Å². The molecule has 0 fully saturated rings. The molecule has 2 aromatic rings. The third-order valence-corrected chi connectivity index (χ3v) is 2.59. The minimum atomic E-state index is 0.279. The van der Waals surface area contributed by atoms with E-state index >= 15 is 0 Å². The smallest absolute Gasteiger partial charge is 0.222 e. The lowest BCUT2D eigenvalue weighted by atomic mass is 10.1. The van der Waals surface area contributed by atoms with Gasteiger partial charge in [0, 0.05) is 12.5 Å². The molecule has 0 radical (unpaired) electrons. The summed E-state index contributed by atoms with van der Waals surface area (Å²) in [6.45, 7) is 2.08. The van der Waals surface area contributed by atoms with Crippen molar-refractivity contribution in [2.75, 3.05) is 5.32 Å². The first kappa shape index (κ1) is 11.9. The summed E-state index contributed by atoms with van der Waals surface area (Å²) in [5.41, 5.74) is 0. The summed E-state index contributed by atoms with van der Waals surface area (Å²) < 4.78 is 5.27. The maximum absolute atomic E-state index is 5.71. The third kappa shape index (κ3) is 3.75. The molecule has 2 heterocycles. The highest BCUT2D eigenvalue weighted by atomic mass is 35.5. The average Bonchev–Trinajstić information content (AvgIpc) is 2.83. The summed E-state index contributed by atoms with van der Waals surface area (Å²) in [5.74, 6) is 1.59. The molecule has 0 saturated carbocycles. The molecule has 2 aromatic heterocycles. The zero-order valence-electron chi connectivity index (χ0n) is 9.56. The lowest BCUT2D eigenvalue weighted by Gasteiger charge is -2.12. The van der Waals surface area contributed by atoms with E-state index in [-0.39, 0.29) is 6.04 Å².